The molecule has 0 unspecified atom stereocenters. The van der Waals surface area contributed by atoms with E-state index in [4.69, 9.17) is 16.9 Å². The van der Waals surface area contributed by atoms with Crippen LogP contribution in [0, 0.1) is 11.3 Å². The molecule has 0 heterocycles. The first kappa shape index (κ1) is 9.30. The molecule has 1 aromatic carbocycles. The molecule has 2 heteroatoms. The van der Waals surface area contributed by atoms with Crippen LogP contribution in [0.5, 0.6) is 0 Å². The predicted molar refractivity (Wildman–Crippen MR) is 58.1 cm³/mol. The first-order valence-corrected chi connectivity index (χ1v) is 4.93. The number of halogens is 1. The van der Waals surface area contributed by atoms with Crippen LogP contribution in [0.2, 0.25) is 5.02 Å². The fraction of sp³-hybridized carbons (Fsp3) is 0.250. The number of nitriles is 1. The molecule has 1 fully saturated rings. The molecule has 1 aliphatic rings. The molecule has 14 heavy (non-hydrogen) atoms. The van der Waals surface area contributed by atoms with Crippen molar-refractivity contribution in [2.24, 2.45) is 0 Å². The number of hydrogen-bond acceptors (Lipinski definition) is 1. The summed E-state index contributed by atoms with van der Waals surface area (Å²) >= 11 is 5.96. The lowest BCUT2D eigenvalue weighted by Crippen LogP contribution is -2.02. The average molecular weight is 204 g/mol. The van der Waals surface area contributed by atoms with E-state index >= 15 is 0 Å². The molecule has 0 amide bonds. The van der Waals surface area contributed by atoms with Gasteiger partial charge < -0.3 is 0 Å². The van der Waals surface area contributed by atoms with E-state index in [1.54, 1.807) is 6.08 Å². The Labute approximate surface area is 88.6 Å². The maximum atomic E-state index is 9.05. The highest BCUT2D eigenvalue weighted by atomic mass is 35.5. The summed E-state index contributed by atoms with van der Waals surface area (Å²) in [6.45, 7) is 3.70. The molecule has 0 aliphatic heterocycles. The third-order valence-electron chi connectivity index (χ3n) is 2.67. The summed E-state index contributed by atoms with van der Waals surface area (Å²) in [5.74, 6) is 0. The first-order valence-electron chi connectivity index (χ1n) is 4.55. The maximum Gasteiger partial charge on any atom is 0.0824 e. The maximum absolute atomic E-state index is 9.05. The van der Waals surface area contributed by atoms with Crippen molar-refractivity contribution in [2.45, 2.75) is 18.3 Å². The topological polar surface area (TPSA) is 23.8 Å². The van der Waals surface area contributed by atoms with Crippen molar-refractivity contribution in [2.75, 3.05) is 0 Å². The second-order valence-electron chi connectivity index (χ2n) is 3.67. The van der Waals surface area contributed by atoms with Gasteiger partial charge in [0.25, 0.3) is 0 Å². The van der Waals surface area contributed by atoms with E-state index in [0.29, 0.717) is 5.02 Å². The Kier molecular flexibility index (Phi) is 2.09. The number of rotatable bonds is 2. The molecular weight excluding hydrogens is 194 g/mol. The van der Waals surface area contributed by atoms with Crippen LogP contribution in [0.3, 0.4) is 0 Å². The van der Waals surface area contributed by atoms with Crippen LogP contribution in [-0.2, 0) is 5.41 Å². The Bertz CT molecular complexity index is 424. The third kappa shape index (κ3) is 1.42. The molecule has 70 valence electrons. The van der Waals surface area contributed by atoms with E-state index in [0.717, 1.165) is 24.0 Å². The van der Waals surface area contributed by atoms with E-state index in [1.165, 1.54) is 0 Å². The summed E-state index contributed by atoms with van der Waals surface area (Å²) in [5, 5.41) is 9.73. The predicted octanol–water partition coefficient (Wildman–Crippen LogP) is 3.54. The minimum atomic E-state index is -0.261. The molecule has 0 atom stereocenters. The van der Waals surface area contributed by atoms with Crippen LogP contribution in [0.15, 0.2) is 24.8 Å². The highest BCUT2D eigenvalue weighted by Gasteiger charge is 2.45. The van der Waals surface area contributed by atoms with Crippen molar-refractivity contribution < 1.29 is 0 Å². The molecule has 0 N–H and O–H groups in total. The highest BCUT2D eigenvalue weighted by molar-refractivity contribution is 6.30. The van der Waals surface area contributed by atoms with Crippen molar-refractivity contribution >= 4 is 17.7 Å². The van der Waals surface area contributed by atoms with Crippen molar-refractivity contribution in [3.05, 3.63) is 40.9 Å². The fourth-order valence-corrected chi connectivity index (χ4v) is 1.84. The van der Waals surface area contributed by atoms with Crippen molar-refractivity contribution in [3.8, 4) is 6.07 Å². The van der Waals surface area contributed by atoms with Gasteiger partial charge in [-0.2, -0.15) is 5.26 Å². The van der Waals surface area contributed by atoms with Gasteiger partial charge in [0.1, 0.15) is 0 Å². The quantitative estimate of drug-likeness (QED) is 0.721. The van der Waals surface area contributed by atoms with Crippen LogP contribution in [0.25, 0.3) is 6.08 Å². The zero-order valence-corrected chi connectivity index (χ0v) is 8.51. The minimum absolute atomic E-state index is 0.261. The second-order valence-corrected chi connectivity index (χ2v) is 4.11. The normalized spacial score (nSPS) is 17.1. The van der Waals surface area contributed by atoms with E-state index < -0.39 is 0 Å². The molecular formula is C12H10ClN. The van der Waals surface area contributed by atoms with Gasteiger partial charge in [0, 0.05) is 5.02 Å². The minimum Gasteiger partial charge on any atom is -0.197 e. The van der Waals surface area contributed by atoms with Gasteiger partial charge in [0.15, 0.2) is 0 Å². The summed E-state index contributed by atoms with van der Waals surface area (Å²) < 4.78 is 0. The van der Waals surface area contributed by atoms with E-state index in [9.17, 15) is 0 Å². The van der Waals surface area contributed by atoms with Gasteiger partial charge in [-0.05, 0) is 36.1 Å². The van der Waals surface area contributed by atoms with E-state index in [-0.39, 0.29) is 5.41 Å². The molecule has 1 saturated carbocycles. The third-order valence-corrected chi connectivity index (χ3v) is 2.89. The standard InChI is InChI=1S/C12H10ClN/c1-2-9-5-10(7-11(13)6-9)12(8-14)3-4-12/h2,5-7H,1,3-4H2. The highest BCUT2D eigenvalue weighted by Crippen LogP contribution is 2.48. The molecule has 1 nitrogen and oxygen atoms in total. The van der Waals surface area contributed by atoms with Crippen molar-refractivity contribution in [1.29, 1.82) is 5.26 Å². The molecule has 0 spiro atoms. The van der Waals surface area contributed by atoms with Crippen LogP contribution >= 0.6 is 11.6 Å². The van der Waals surface area contributed by atoms with Gasteiger partial charge in [0.05, 0.1) is 11.5 Å². The lowest BCUT2D eigenvalue weighted by atomic mass is 9.96. The Morgan fingerprint density at radius 3 is 2.64 bits per heavy atom. The Morgan fingerprint density at radius 2 is 2.14 bits per heavy atom. The SMILES string of the molecule is C=Cc1cc(Cl)cc(C2(C#N)CC2)c1. The van der Waals surface area contributed by atoms with Crippen molar-refractivity contribution in [1.82, 2.24) is 0 Å². The van der Waals surface area contributed by atoms with Gasteiger partial charge in [-0.1, -0.05) is 30.3 Å². The van der Waals surface area contributed by atoms with Gasteiger partial charge in [-0.25, -0.2) is 0 Å². The average Bonchev–Trinajstić information content (AvgIpc) is 2.97. The zero-order valence-electron chi connectivity index (χ0n) is 7.76. The lowest BCUT2D eigenvalue weighted by molar-refractivity contribution is 0.908. The van der Waals surface area contributed by atoms with Gasteiger partial charge in [-0.3, -0.25) is 0 Å². The smallest absolute Gasteiger partial charge is 0.0824 e. The summed E-state index contributed by atoms with van der Waals surface area (Å²) in [7, 11) is 0. The summed E-state index contributed by atoms with van der Waals surface area (Å²) in [5.41, 5.74) is 1.75. The van der Waals surface area contributed by atoms with Gasteiger partial charge in [-0.15, -0.1) is 0 Å². The molecule has 0 saturated heterocycles. The molecule has 2 rings (SSSR count). The first-order chi connectivity index (χ1) is 6.70. The second kappa shape index (κ2) is 3.15. The van der Waals surface area contributed by atoms with Gasteiger partial charge in [0.2, 0.25) is 0 Å². The molecule has 0 radical (unpaired) electrons. The largest absolute Gasteiger partial charge is 0.197 e. The number of benzene rings is 1. The lowest BCUT2D eigenvalue weighted by Gasteiger charge is -2.07. The van der Waals surface area contributed by atoms with E-state index in [2.05, 4.69) is 12.6 Å². The molecule has 0 bridgehead atoms. The van der Waals surface area contributed by atoms with Crippen LogP contribution in [0.4, 0.5) is 0 Å². The molecule has 1 aromatic rings. The van der Waals surface area contributed by atoms with Gasteiger partial charge >= 0.3 is 0 Å². The van der Waals surface area contributed by atoms with Crippen molar-refractivity contribution in [3.63, 3.8) is 0 Å². The number of hydrogen-bond donors (Lipinski definition) is 0. The monoisotopic (exact) mass is 203 g/mol. The summed E-state index contributed by atoms with van der Waals surface area (Å²) in [6, 6.07) is 8.08. The summed E-state index contributed by atoms with van der Waals surface area (Å²) in [6.07, 6.45) is 3.64. The Hall–Kier alpha value is -1.26. The Morgan fingerprint density at radius 1 is 1.43 bits per heavy atom. The fourth-order valence-electron chi connectivity index (χ4n) is 1.60. The van der Waals surface area contributed by atoms with Crippen LogP contribution in [-0.4, -0.2) is 0 Å². The van der Waals surface area contributed by atoms with E-state index in [1.807, 2.05) is 18.2 Å². The Balaban J connectivity index is 2.50. The van der Waals surface area contributed by atoms with Crippen LogP contribution < -0.4 is 0 Å². The zero-order chi connectivity index (χ0) is 10.2. The van der Waals surface area contributed by atoms with Crippen LogP contribution in [0.1, 0.15) is 24.0 Å². The molecule has 1 aliphatic carbocycles. The number of nitrogens with zero attached hydrogens (tertiary/aromatic N) is 1. The summed E-state index contributed by atoms with van der Waals surface area (Å²) in [4.78, 5) is 0. The molecule has 0 aromatic heterocycles.